The molecule has 3 rings (SSSR count). The van der Waals surface area contributed by atoms with Crippen LogP contribution in [0.1, 0.15) is 29.9 Å². The Kier molecular flexibility index (Phi) is 4.43. The molecule has 1 aromatic heterocycles. The number of anilines is 3. The Bertz CT molecular complexity index is 695. The Morgan fingerprint density at radius 2 is 2.04 bits per heavy atom. The van der Waals surface area contributed by atoms with Gasteiger partial charge in [-0.2, -0.15) is 4.98 Å². The van der Waals surface area contributed by atoms with Crippen LogP contribution >= 0.6 is 0 Å². The van der Waals surface area contributed by atoms with Crippen molar-refractivity contribution >= 4 is 17.5 Å². The summed E-state index contributed by atoms with van der Waals surface area (Å²) in [6.07, 6.45) is 3.69. The van der Waals surface area contributed by atoms with Crippen molar-refractivity contribution in [3.63, 3.8) is 0 Å². The first-order chi connectivity index (χ1) is 11.0. The highest BCUT2D eigenvalue weighted by molar-refractivity contribution is 5.58. The molecule has 0 atom stereocenters. The fourth-order valence-electron chi connectivity index (χ4n) is 3.11. The summed E-state index contributed by atoms with van der Waals surface area (Å²) in [4.78, 5) is 10.4. The third-order valence-electron chi connectivity index (χ3n) is 4.44. The highest BCUT2D eigenvalue weighted by Gasteiger charge is 2.21. The summed E-state index contributed by atoms with van der Waals surface area (Å²) < 4.78 is 14.5. The fraction of sp³-hybridized carbons (Fsp3) is 0.412. The lowest BCUT2D eigenvalue weighted by Gasteiger charge is -2.30. The van der Waals surface area contributed by atoms with Gasteiger partial charge in [-0.3, -0.25) is 0 Å². The van der Waals surface area contributed by atoms with Crippen molar-refractivity contribution < 1.29 is 4.39 Å². The minimum atomic E-state index is -0.282. The molecule has 23 heavy (non-hydrogen) atoms. The van der Waals surface area contributed by atoms with E-state index in [0.29, 0.717) is 23.4 Å². The van der Waals surface area contributed by atoms with Crippen molar-refractivity contribution in [1.29, 1.82) is 0 Å². The third kappa shape index (κ3) is 3.59. The average molecular weight is 315 g/mol. The SMILES string of the molecule is Cc1cc(Nc2nccc(N)n2)c(F)cc1C1CCN(C)CC1. The van der Waals surface area contributed by atoms with E-state index in [0.717, 1.165) is 37.1 Å². The van der Waals surface area contributed by atoms with Crippen LogP contribution in [0.4, 0.5) is 21.8 Å². The smallest absolute Gasteiger partial charge is 0.229 e. The lowest BCUT2D eigenvalue weighted by Crippen LogP contribution is -2.29. The maximum atomic E-state index is 14.5. The first kappa shape index (κ1) is 15.7. The summed E-state index contributed by atoms with van der Waals surface area (Å²) in [6.45, 7) is 4.14. The standard InChI is InChI=1S/C17H22FN5/c1-11-9-15(21-17-20-6-3-16(19)22-17)14(18)10-13(11)12-4-7-23(2)8-5-12/h3,6,9-10,12H,4-5,7-8H2,1-2H3,(H3,19,20,21,22). The zero-order chi connectivity index (χ0) is 16.4. The van der Waals surface area contributed by atoms with E-state index in [1.165, 1.54) is 0 Å². The van der Waals surface area contributed by atoms with Gasteiger partial charge in [0.1, 0.15) is 11.6 Å². The van der Waals surface area contributed by atoms with E-state index < -0.39 is 0 Å². The number of piperidine rings is 1. The summed E-state index contributed by atoms with van der Waals surface area (Å²) >= 11 is 0. The maximum Gasteiger partial charge on any atom is 0.229 e. The first-order valence-electron chi connectivity index (χ1n) is 7.87. The number of aryl methyl sites for hydroxylation is 1. The number of likely N-dealkylation sites (tertiary alicyclic amines) is 1. The molecule has 0 saturated carbocycles. The first-order valence-corrected chi connectivity index (χ1v) is 7.87. The zero-order valence-electron chi connectivity index (χ0n) is 13.5. The number of aromatic nitrogens is 2. The monoisotopic (exact) mass is 315 g/mol. The number of nitrogens with one attached hydrogen (secondary N) is 1. The quantitative estimate of drug-likeness (QED) is 0.911. The summed E-state index contributed by atoms with van der Waals surface area (Å²) in [5.41, 5.74) is 8.20. The molecule has 1 aliphatic heterocycles. The second-order valence-electron chi connectivity index (χ2n) is 6.20. The highest BCUT2D eigenvalue weighted by atomic mass is 19.1. The van der Waals surface area contributed by atoms with E-state index in [1.807, 2.05) is 13.0 Å². The highest BCUT2D eigenvalue weighted by Crippen LogP contribution is 2.33. The van der Waals surface area contributed by atoms with Gasteiger partial charge in [-0.05, 0) is 75.1 Å². The predicted octanol–water partition coefficient (Wildman–Crippen LogP) is 3.06. The second-order valence-corrected chi connectivity index (χ2v) is 6.20. The molecule has 0 bridgehead atoms. The van der Waals surface area contributed by atoms with E-state index in [9.17, 15) is 4.39 Å². The molecule has 1 fully saturated rings. The number of nitrogens with zero attached hydrogens (tertiary/aromatic N) is 3. The van der Waals surface area contributed by atoms with Crippen molar-refractivity contribution in [2.45, 2.75) is 25.7 Å². The van der Waals surface area contributed by atoms with Gasteiger partial charge in [0.05, 0.1) is 5.69 Å². The number of rotatable bonds is 3. The molecule has 1 saturated heterocycles. The normalized spacial score (nSPS) is 16.5. The molecule has 0 unspecified atom stereocenters. The van der Waals surface area contributed by atoms with E-state index >= 15 is 0 Å². The number of hydrogen-bond donors (Lipinski definition) is 2. The molecule has 5 nitrogen and oxygen atoms in total. The minimum absolute atomic E-state index is 0.282. The van der Waals surface area contributed by atoms with Gasteiger partial charge in [0.2, 0.25) is 5.95 Å². The number of halogens is 1. The van der Waals surface area contributed by atoms with Crippen molar-refractivity contribution in [2.24, 2.45) is 0 Å². The van der Waals surface area contributed by atoms with Crippen molar-refractivity contribution in [3.8, 4) is 0 Å². The van der Waals surface area contributed by atoms with Crippen LogP contribution in [0.25, 0.3) is 0 Å². The average Bonchev–Trinajstić information content (AvgIpc) is 2.52. The molecule has 1 aliphatic rings. The van der Waals surface area contributed by atoms with E-state index in [4.69, 9.17) is 5.73 Å². The van der Waals surface area contributed by atoms with Gasteiger partial charge < -0.3 is 16.0 Å². The summed E-state index contributed by atoms with van der Waals surface area (Å²) in [7, 11) is 2.13. The molecule has 0 aliphatic carbocycles. The molecular formula is C17H22FN5. The largest absolute Gasteiger partial charge is 0.384 e. The number of hydrogen-bond acceptors (Lipinski definition) is 5. The van der Waals surface area contributed by atoms with E-state index in [1.54, 1.807) is 18.3 Å². The Balaban J connectivity index is 1.82. The Morgan fingerprint density at radius 1 is 1.30 bits per heavy atom. The molecule has 6 heteroatoms. The van der Waals surface area contributed by atoms with Crippen LogP contribution in [0.2, 0.25) is 0 Å². The van der Waals surface area contributed by atoms with Crippen LogP contribution in [0, 0.1) is 12.7 Å². The van der Waals surface area contributed by atoms with Crippen molar-refractivity contribution in [1.82, 2.24) is 14.9 Å². The lowest BCUT2D eigenvalue weighted by atomic mass is 9.86. The Labute approximate surface area is 135 Å². The van der Waals surface area contributed by atoms with Crippen LogP contribution in [-0.2, 0) is 0 Å². The molecule has 0 radical (unpaired) electrons. The van der Waals surface area contributed by atoms with Gasteiger partial charge in [0.25, 0.3) is 0 Å². The van der Waals surface area contributed by atoms with Gasteiger partial charge >= 0.3 is 0 Å². The lowest BCUT2D eigenvalue weighted by molar-refractivity contribution is 0.255. The summed E-state index contributed by atoms with van der Waals surface area (Å²) in [5.74, 6) is 0.798. The molecule has 1 aromatic carbocycles. The van der Waals surface area contributed by atoms with Gasteiger partial charge in [-0.15, -0.1) is 0 Å². The second kappa shape index (κ2) is 6.50. The van der Waals surface area contributed by atoms with E-state index in [-0.39, 0.29) is 5.82 Å². The zero-order valence-corrected chi connectivity index (χ0v) is 13.5. The van der Waals surface area contributed by atoms with Gasteiger partial charge in [0.15, 0.2) is 0 Å². The van der Waals surface area contributed by atoms with Gasteiger partial charge in [-0.25, -0.2) is 9.37 Å². The van der Waals surface area contributed by atoms with Gasteiger partial charge in [0, 0.05) is 6.20 Å². The molecule has 0 spiro atoms. The summed E-state index contributed by atoms with van der Waals surface area (Å²) in [6, 6.07) is 5.07. The number of nitrogens with two attached hydrogens (primary N) is 1. The third-order valence-corrected chi connectivity index (χ3v) is 4.44. The van der Waals surface area contributed by atoms with Crippen LogP contribution in [0.5, 0.6) is 0 Å². The predicted molar refractivity (Wildman–Crippen MR) is 90.3 cm³/mol. The molecule has 122 valence electrons. The van der Waals surface area contributed by atoms with E-state index in [2.05, 4.69) is 27.2 Å². The molecule has 2 aromatic rings. The van der Waals surface area contributed by atoms with Crippen molar-refractivity contribution in [3.05, 3.63) is 41.3 Å². The minimum Gasteiger partial charge on any atom is -0.384 e. The fourth-order valence-corrected chi connectivity index (χ4v) is 3.11. The summed E-state index contributed by atoms with van der Waals surface area (Å²) in [5, 5.41) is 2.91. The molecule has 0 amide bonds. The Hall–Kier alpha value is -2.21. The van der Waals surface area contributed by atoms with Crippen molar-refractivity contribution in [2.75, 3.05) is 31.2 Å². The van der Waals surface area contributed by atoms with Gasteiger partial charge in [-0.1, -0.05) is 0 Å². The number of nitrogen functional groups attached to an aromatic ring is 1. The Morgan fingerprint density at radius 3 is 2.74 bits per heavy atom. The van der Waals surface area contributed by atoms with Crippen LogP contribution < -0.4 is 11.1 Å². The van der Waals surface area contributed by atoms with Crippen LogP contribution in [0.3, 0.4) is 0 Å². The molecular weight excluding hydrogens is 293 g/mol. The molecule has 2 heterocycles. The maximum absolute atomic E-state index is 14.5. The van der Waals surface area contributed by atoms with Crippen LogP contribution in [0.15, 0.2) is 24.4 Å². The number of benzene rings is 1. The topological polar surface area (TPSA) is 67.1 Å². The molecule has 3 N–H and O–H groups in total. The van der Waals surface area contributed by atoms with Crippen LogP contribution in [-0.4, -0.2) is 35.0 Å².